The van der Waals surface area contributed by atoms with E-state index in [0.717, 1.165) is 35.8 Å². The summed E-state index contributed by atoms with van der Waals surface area (Å²) in [6, 6.07) is 12.8. The highest BCUT2D eigenvalue weighted by Gasteiger charge is 2.53. The van der Waals surface area contributed by atoms with Crippen LogP contribution >= 0.6 is 23.2 Å². The molecule has 0 aromatic heterocycles. The monoisotopic (exact) mass is 484 g/mol. The SMILES string of the molecule is CN1C(=O)C2C(=NC(CN3CCc4ccccc4C3)=[N+]2Cc2ccc(Cl)cc2Cl)N(C)C1=O. The van der Waals surface area contributed by atoms with E-state index in [-0.39, 0.29) is 11.9 Å². The molecule has 0 spiro atoms. The minimum Gasteiger partial charge on any atom is -0.287 e. The molecule has 33 heavy (non-hydrogen) atoms. The zero-order valence-electron chi connectivity index (χ0n) is 18.5. The quantitative estimate of drug-likeness (QED) is 0.625. The first-order chi connectivity index (χ1) is 15.8. The highest BCUT2D eigenvalue weighted by Crippen LogP contribution is 2.26. The summed E-state index contributed by atoms with van der Waals surface area (Å²) in [5.41, 5.74) is 3.52. The number of amidine groups is 2. The summed E-state index contributed by atoms with van der Waals surface area (Å²) in [5.74, 6) is 0.921. The number of hydrogen-bond donors (Lipinski definition) is 0. The minimum atomic E-state index is -0.670. The number of amides is 3. The first-order valence-corrected chi connectivity index (χ1v) is 11.6. The van der Waals surface area contributed by atoms with Crippen LogP contribution in [0.3, 0.4) is 0 Å². The number of carbonyl (C=O) groups is 2. The van der Waals surface area contributed by atoms with Gasteiger partial charge in [0.05, 0.1) is 0 Å². The summed E-state index contributed by atoms with van der Waals surface area (Å²) in [6.07, 6.45) is 0.965. The number of urea groups is 1. The van der Waals surface area contributed by atoms with Gasteiger partial charge < -0.3 is 0 Å². The molecule has 0 radical (unpaired) electrons. The van der Waals surface area contributed by atoms with E-state index < -0.39 is 6.04 Å². The van der Waals surface area contributed by atoms with E-state index in [1.54, 1.807) is 19.2 Å². The Morgan fingerprint density at radius 1 is 1.06 bits per heavy atom. The molecule has 3 heterocycles. The van der Waals surface area contributed by atoms with Crippen LogP contribution < -0.4 is 0 Å². The highest BCUT2D eigenvalue weighted by atomic mass is 35.5. The lowest BCUT2D eigenvalue weighted by atomic mass is 10.00. The van der Waals surface area contributed by atoms with Gasteiger partial charge >= 0.3 is 11.9 Å². The van der Waals surface area contributed by atoms with Crippen molar-refractivity contribution >= 4 is 46.8 Å². The van der Waals surface area contributed by atoms with Crippen molar-refractivity contribution in [2.24, 2.45) is 4.99 Å². The lowest BCUT2D eigenvalue weighted by Gasteiger charge is -2.31. The molecule has 3 amide bonds. The maximum absolute atomic E-state index is 13.2. The summed E-state index contributed by atoms with van der Waals surface area (Å²) in [4.78, 5) is 35.5. The summed E-state index contributed by atoms with van der Waals surface area (Å²) in [6.45, 7) is 2.66. The Hall–Kier alpha value is -2.74. The fraction of sp³-hybridized carbons (Fsp3) is 0.333. The van der Waals surface area contributed by atoms with Gasteiger partial charge in [-0.3, -0.25) is 19.5 Å². The molecule has 170 valence electrons. The third-order valence-corrected chi connectivity index (χ3v) is 7.13. The Balaban J connectivity index is 1.51. The van der Waals surface area contributed by atoms with E-state index in [1.165, 1.54) is 23.1 Å². The maximum atomic E-state index is 13.2. The molecule has 0 aliphatic carbocycles. The topological polar surface area (TPSA) is 59.2 Å². The predicted octanol–water partition coefficient (Wildman–Crippen LogP) is 3.27. The molecule has 1 fully saturated rings. The van der Waals surface area contributed by atoms with Gasteiger partial charge in [0.25, 0.3) is 17.8 Å². The Labute approximate surface area is 202 Å². The molecular formula is C24H24Cl2N5O2+. The molecule has 5 rings (SSSR count). The van der Waals surface area contributed by atoms with E-state index in [4.69, 9.17) is 28.2 Å². The number of imide groups is 1. The van der Waals surface area contributed by atoms with Crippen LogP contribution in [-0.4, -0.2) is 76.1 Å². The van der Waals surface area contributed by atoms with Gasteiger partial charge in [-0.25, -0.2) is 9.37 Å². The second-order valence-corrected chi connectivity index (χ2v) is 9.46. The van der Waals surface area contributed by atoms with Gasteiger partial charge in [0.1, 0.15) is 13.1 Å². The number of rotatable bonds is 4. The fourth-order valence-electron chi connectivity index (χ4n) is 4.68. The molecule has 0 saturated carbocycles. The number of likely N-dealkylation sites (N-methyl/N-ethyl adjacent to an activating group) is 2. The van der Waals surface area contributed by atoms with E-state index in [0.29, 0.717) is 29.0 Å². The van der Waals surface area contributed by atoms with Gasteiger partial charge in [0.15, 0.2) is 0 Å². The first kappa shape index (κ1) is 22.1. The van der Waals surface area contributed by atoms with Crippen LogP contribution in [0.4, 0.5) is 4.79 Å². The van der Waals surface area contributed by atoms with Crippen LogP contribution in [0.1, 0.15) is 16.7 Å². The van der Waals surface area contributed by atoms with Crippen LogP contribution in [-0.2, 0) is 24.3 Å². The van der Waals surface area contributed by atoms with E-state index >= 15 is 0 Å². The van der Waals surface area contributed by atoms with Crippen molar-refractivity contribution in [3.05, 3.63) is 69.2 Å². The van der Waals surface area contributed by atoms with Crippen LogP contribution in [0.2, 0.25) is 10.0 Å². The van der Waals surface area contributed by atoms with Gasteiger partial charge in [-0.1, -0.05) is 53.5 Å². The van der Waals surface area contributed by atoms with E-state index in [9.17, 15) is 9.59 Å². The van der Waals surface area contributed by atoms with Gasteiger partial charge in [0, 0.05) is 42.8 Å². The normalized spacial score (nSPS) is 20.8. The number of nitrogens with zero attached hydrogens (tertiary/aromatic N) is 5. The third-order valence-electron chi connectivity index (χ3n) is 6.54. The summed E-state index contributed by atoms with van der Waals surface area (Å²) >= 11 is 12.6. The standard InChI is InChI=1S/C24H24Cl2N5O2/c1-28-22-21(23(32)29(2)24(28)33)31(13-17-7-8-18(25)11-19(17)26)20(27-22)14-30-10-9-15-5-3-4-6-16(15)12-30/h3-8,11,21H,9-10,12-14H2,1-2H3/q+1. The van der Waals surface area contributed by atoms with E-state index in [1.807, 2.05) is 10.6 Å². The van der Waals surface area contributed by atoms with Crippen molar-refractivity contribution in [3.63, 3.8) is 0 Å². The summed E-state index contributed by atoms with van der Waals surface area (Å²) < 4.78 is 1.97. The smallest absolute Gasteiger partial charge is 0.287 e. The molecule has 1 saturated heterocycles. The molecule has 2 aromatic rings. The van der Waals surface area contributed by atoms with Gasteiger partial charge in [-0.15, -0.1) is 0 Å². The lowest BCUT2D eigenvalue weighted by molar-refractivity contribution is -0.552. The Bertz CT molecular complexity index is 1230. The average Bonchev–Trinajstić information content (AvgIpc) is 3.16. The van der Waals surface area contributed by atoms with Crippen LogP contribution in [0.5, 0.6) is 0 Å². The van der Waals surface area contributed by atoms with Crippen molar-refractivity contribution in [2.45, 2.75) is 25.6 Å². The fourth-order valence-corrected chi connectivity index (χ4v) is 5.15. The molecule has 7 nitrogen and oxygen atoms in total. The number of halogens is 2. The lowest BCUT2D eigenvalue weighted by Crippen LogP contribution is -2.61. The van der Waals surface area contributed by atoms with Gasteiger partial charge in [0.2, 0.25) is 0 Å². The summed E-state index contributed by atoms with van der Waals surface area (Å²) in [5, 5.41) is 1.08. The zero-order chi connectivity index (χ0) is 23.3. The van der Waals surface area contributed by atoms with Crippen molar-refractivity contribution in [3.8, 4) is 0 Å². The molecule has 9 heteroatoms. The van der Waals surface area contributed by atoms with Gasteiger partial charge in [-0.2, -0.15) is 0 Å². The average molecular weight is 485 g/mol. The zero-order valence-corrected chi connectivity index (χ0v) is 20.0. The molecule has 3 aliphatic heterocycles. The molecular weight excluding hydrogens is 461 g/mol. The second-order valence-electron chi connectivity index (χ2n) is 8.62. The Morgan fingerprint density at radius 2 is 1.82 bits per heavy atom. The number of carbonyl (C=O) groups excluding carboxylic acids is 2. The second kappa shape index (κ2) is 8.56. The molecule has 2 aromatic carbocycles. The number of benzene rings is 2. The highest BCUT2D eigenvalue weighted by molar-refractivity contribution is 6.35. The molecule has 1 unspecified atom stereocenters. The predicted molar refractivity (Wildman–Crippen MR) is 128 cm³/mol. The van der Waals surface area contributed by atoms with Crippen molar-refractivity contribution in [2.75, 3.05) is 27.2 Å². The molecule has 0 N–H and O–H groups in total. The molecule has 0 bridgehead atoms. The third kappa shape index (κ3) is 3.94. The van der Waals surface area contributed by atoms with Crippen molar-refractivity contribution < 1.29 is 14.2 Å². The molecule has 1 atom stereocenters. The number of aliphatic imine (C=N–C) groups is 1. The maximum Gasteiger partial charge on any atom is 0.333 e. The van der Waals surface area contributed by atoms with Crippen LogP contribution in [0.25, 0.3) is 0 Å². The Morgan fingerprint density at radius 3 is 2.58 bits per heavy atom. The van der Waals surface area contributed by atoms with E-state index in [2.05, 4.69) is 29.2 Å². The van der Waals surface area contributed by atoms with Gasteiger partial charge in [-0.05, 0) is 34.7 Å². The Kier molecular flexibility index (Phi) is 5.72. The van der Waals surface area contributed by atoms with Crippen LogP contribution in [0, 0.1) is 0 Å². The largest absolute Gasteiger partial charge is 0.333 e. The van der Waals surface area contributed by atoms with Crippen molar-refractivity contribution in [1.82, 2.24) is 14.7 Å². The minimum absolute atomic E-state index is 0.291. The number of fused-ring (bicyclic) bond motifs is 2. The molecule has 3 aliphatic rings. The van der Waals surface area contributed by atoms with Crippen LogP contribution in [0.15, 0.2) is 47.5 Å². The first-order valence-electron chi connectivity index (χ1n) is 10.8. The number of hydrogen-bond acceptors (Lipinski definition) is 4. The summed E-state index contributed by atoms with van der Waals surface area (Å²) in [7, 11) is 3.16. The van der Waals surface area contributed by atoms with Crippen molar-refractivity contribution in [1.29, 1.82) is 0 Å².